The normalized spacial score (nSPS) is 10.8. The van der Waals surface area contributed by atoms with Crippen molar-refractivity contribution in [3.63, 3.8) is 0 Å². The highest BCUT2D eigenvalue weighted by molar-refractivity contribution is 6.33. The molecule has 0 aliphatic heterocycles. The van der Waals surface area contributed by atoms with Gasteiger partial charge in [0.15, 0.2) is 0 Å². The summed E-state index contributed by atoms with van der Waals surface area (Å²) in [4.78, 5) is 13.1. The number of rotatable bonds is 7. The van der Waals surface area contributed by atoms with Crippen molar-refractivity contribution in [3.05, 3.63) is 28.8 Å². The van der Waals surface area contributed by atoms with Crippen LogP contribution in [0.2, 0.25) is 5.02 Å². The van der Waals surface area contributed by atoms with Crippen LogP contribution in [-0.4, -0.2) is 37.9 Å². The van der Waals surface area contributed by atoms with Gasteiger partial charge in [0.05, 0.1) is 17.2 Å². The number of hydrogen-bond donors (Lipinski definition) is 1. The topological polar surface area (TPSA) is 49.8 Å². The van der Waals surface area contributed by atoms with Gasteiger partial charge in [-0.25, -0.2) is 4.79 Å². The lowest BCUT2D eigenvalue weighted by Crippen LogP contribution is -2.31. The molecule has 0 amide bonds. The molecule has 1 rings (SSSR count). The number of hydrogen-bond acceptors (Lipinski definition) is 3. The maximum atomic E-state index is 10.9. The van der Waals surface area contributed by atoms with E-state index >= 15 is 0 Å². The van der Waals surface area contributed by atoms with E-state index in [1.807, 2.05) is 0 Å². The average Bonchev–Trinajstić information content (AvgIpc) is 2.33. The molecular formula is C14H20ClNO3. The van der Waals surface area contributed by atoms with Gasteiger partial charge >= 0.3 is 5.97 Å². The molecule has 0 spiro atoms. The molecule has 1 N–H and O–H groups in total. The first-order chi connectivity index (χ1) is 8.95. The maximum absolute atomic E-state index is 10.9. The Balaban J connectivity index is 2.95. The lowest BCUT2D eigenvalue weighted by atomic mass is 10.1. The minimum absolute atomic E-state index is 0.127. The quantitative estimate of drug-likeness (QED) is 0.836. The molecule has 0 atom stereocenters. The van der Waals surface area contributed by atoms with E-state index in [0.717, 1.165) is 18.8 Å². The Hall–Kier alpha value is -1.26. The predicted molar refractivity (Wildman–Crippen MR) is 77.3 cm³/mol. The first-order valence-electron chi connectivity index (χ1n) is 6.22. The number of aromatic carboxylic acids is 1. The smallest absolute Gasteiger partial charge is 0.337 e. The predicted octanol–water partition coefficient (Wildman–Crippen LogP) is 3.15. The lowest BCUT2D eigenvalue weighted by Gasteiger charge is -2.26. The van der Waals surface area contributed by atoms with E-state index < -0.39 is 5.97 Å². The molecule has 0 radical (unpaired) electrons. The van der Waals surface area contributed by atoms with Gasteiger partial charge in [0.1, 0.15) is 0 Å². The van der Waals surface area contributed by atoms with Crippen LogP contribution in [-0.2, 0) is 4.74 Å². The Morgan fingerprint density at radius 2 is 2.16 bits per heavy atom. The second kappa shape index (κ2) is 7.36. The Morgan fingerprint density at radius 1 is 1.47 bits per heavy atom. The highest BCUT2D eigenvalue weighted by atomic mass is 35.5. The van der Waals surface area contributed by atoms with Crippen molar-refractivity contribution >= 4 is 23.3 Å². The molecule has 0 aliphatic carbocycles. The van der Waals surface area contributed by atoms with Crippen LogP contribution in [0.3, 0.4) is 0 Å². The largest absolute Gasteiger partial charge is 0.478 e. The van der Waals surface area contributed by atoms with Gasteiger partial charge in [0.2, 0.25) is 0 Å². The minimum atomic E-state index is -1.01. The molecule has 0 unspecified atom stereocenters. The van der Waals surface area contributed by atoms with Crippen LogP contribution in [0.4, 0.5) is 5.69 Å². The SMILES string of the molecule is COCCN(CC(C)C)c1ccc(C(=O)O)c(Cl)c1. The van der Waals surface area contributed by atoms with E-state index in [4.69, 9.17) is 21.4 Å². The third-order valence-electron chi connectivity index (χ3n) is 2.70. The molecular weight excluding hydrogens is 266 g/mol. The Kier molecular flexibility index (Phi) is 6.12. The average molecular weight is 286 g/mol. The number of carboxylic acids is 1. The summed E-state index contributed by atoms with van der Waals surface area (Å²) in [7, 11) is 1.66. The molecule has 1 aromatic rings. The van der Waals surface area contributed by atoms with Crippen molar-refractivity contribution in [2.45, 2.75) is 13.8 Å². The van der Waals surface area contributed by atoms with E-state index in [-0.39, 0.29) is 10.6 Å². The van der Waals surface area contributed by atoms with Crippen molar-refractivity contribution in [1.29, 1.82) is 0 Å². The molecule has 0 fully saturated rings. The fourth-order valence-electron chi connectivity index (χ4n) is 1.84. The summed E-state index contributed by atoms with van der Waals surface area (Å²) in [5.41, 5.74) is 1.04. The summed E-state index contributed by atoms with van der Waals surface area (Å²) in [6, 6.07) is 5.02. The third kappa shape index (κ3) is 4.73. The first-order valence-corrected chi connectivity index (χ1v) is 6.60. The number of nitrogens with zero attached hydrogens (tertiary/aromatic N) is 1. The zero-order valence-corrected chi connectivity index (χ0v) is 12.3. The van der Waals surface area contributed by atoms with Gasteiger partial charge in [-0.05, 0) is 24.1 Å². The number of carbonyl (C=O) groups is 1. The standard InChI is InChI=1S/C14H20ClNO3/c1-10(2)9-16(6-7-19-3)11-4-5-12(14(17)18)13(15)8-11/h4-5,8,10H,6-7,9H2,1-3H3,(H,17,18). The monoisotopic (exact) mass is 285 g/mol. The zero-order chi connectivity index (χ0) is 14.4. The van der Waals surface area contributed by atoms with Crippen molar-refractivity contribution in [1.82, 2.24) is 0 Å². The van der Waals surface area contributed by atoms with Crippen LogP contribution >= 0.6 is 11.6 Å². The lowest BCUT2D eigenvalue weighted by molar-refractivity contribution is 0.0697. The fourth-order valence-corrected chi connectivity index (χ4v) is 2.10. The van der Waals surface area contributed by atoms with E-state index in [0.29, 0.717) is 12.5 Å². The van der Waals surface area contributed by atoms with Crippen molar-refractivity contribution in [2.24, 2.45) is 5.92 Å². The van der Waals surface area contributed by atoms with E-state index in [9.17, 15) is 4.79 Å². The molecule has 0 aromatic heterocycles. The van der Waals surface area contributed by atoms with Gasteiger partial charge in [0.25, 0.3) is 0 Å². The van der Waals surface area contributed by atoms with E-state index in [1.54, 1.807) is 25.3 Å². The van der Waals surface area contributed by atoms with Gasteiger partial charge < -0.3 is 14.7 Å². The zero-order valence-electron chi connectivity index (χ0n) is 11.5. The van der Waals surface area contributed by atoms with Gasteiger partial charge in [0, 0.05) is 25.9 Å². The van der Waals surface area contributed by atoms with Crippen LogP contribution in [0, 0.1) is 5.92 Å². The highest BCUT2D eigenvalue weighted by Gasteiger charge is 2.13. The highest BCUT2D eigenvalue weighted by Crippen LogP contribution is 2.24. The van der Waals surface area contributed by atoms with Crippen molar-refractivity contribution in [3.8, 4) is 0 Å². The van der Waals surface area contributed by atoms with Crippen LogP contribution in [0.5, 0.6) is 0 Å². The van der Waals surface area contributed by atoms with Crippen LogP contribution < -0.4 is 4.90 Å². The Bertz CT molecular complexity index is 435. The summed E-state index contributed by atoms with van der Waals surface area (Å²) >= 11 is 6.00. The number of methoxy groups -OCH3 is 1. The second-order valence-corrected chi connectivity index (χ2v) is 5.21. The summed E-state index contributed by atoms with van der Waals surface area (Å²) in [6.07, 6.45) is 0. The number of anilines is 1. The molecule has 0 heterocycles. The molecule has 1 aromatic carbocycles. The fraction of sp³-hybridized carbons (Fsp3) is 0.500. The molecule has 0 saturated carbocycles. The van der Waals surface area contributed by atoms with Crippen LogP contribution in [0.25, 0.3) is 0 Å². The summed E-state index contributed by atoms with van der Waals surface area (Å²) in [5, 5.41) is 9.22. The third-order valence-corrected chi connectivity index (χ3v) is 3.01. The van der Waals surface area contributed by atoms with Gasteiger partial charge in [-0.3, -0.25) is 0 Å². The number of benzene rings is 1. The molecule has 4 nitrogen and oxygen atoms in total. The van der Waals surface area contributed by atoms with Gasteiger partial charge in [-0.1, -0.05) is 25.4 Å². The minimum Gasteiger partial charge on any atom is -0.478 e. The summed E-state index contributed by atoms with van der Waals surface area (Å²) in [6.45, 7) is 6.49. The van der Waals surface area contributed by atoms with E-state index in [2.05, 4.69) is 18.7 Å². The molecule has 0 bridgehead atoms. The van der Waals surface area contributed by atoms with Gasteiger partial charge in [-0.15, -0.1) is 0 Å². The molecule has 5 heteroatoms. The number of halogens is 1. The Morgan fingerprint density at radius 3 is 2.63 bits per heavy atom. The van der Waals surface area contributed by atoms with Gasteiger partial charge in [-0.2, -0.15) is 0 Å². The Labute approximate surface area is 118 Å². The van der Waals surface area contributed by atoms with Crippen LogP contribution in [0.15, 0.2) is 18.2 Å². The second-order valence-electron chi connectivity index (χ2n) is 4.80. The molecule has 0 aliphatic rings. The number of ether oxygens (including phenoxy) is 1. The number of carboxylic acid groups (broad SMARTS) is 1. The maximum Gasteiger partial charge on any atom is 0.337 e. The van der Waals surface area contributed by atoms with E-state index in [1.165, 1.54) is 0 Å². The summed E-state index contributed by atoms with van der Waals surface area (Å²) < 4.78 is 5.10. The van der Waals surface area contributed by atoms with Crippen molar-refractivity contribution < 1.29 is 14.6 Å². The molecule has 0 saturated heterocycles. The molecule has 106 valence electrons. The first kappa shape index (κ1) is 15.8. The van der Waals surface area contributed by atoms with Crippen molar-refractivity contribution in [2.75, 3.05) is 31.7 Å². The summed E-state index contributed by atoms with van der Waals surface area (Å²) in [5.74, 6) is -0.515. The molecule has 19 heavy (non-hydrogen) atoms. The van der Waals surface area contributed by atoms with Crippen LogP contribution in [0.1, 0.15) is 24.2 Å².